The molecule has 2 aliphatic carbocycles. The highest BCUT2D eigenvalue weighted by Gasteiger charge is 2.59. The SMILES string of the molecule is COC1(OC)CC[C@]23CCN(C)[C@H](Cc4cccc(O)c42)[C@@H]3C1. The smallest absolute Gasteiger partial charge is 0.167 e. The van der Waals surface area contributed by atoms with Gasteiger partial charge in [-0.25, -0.2) is 0 Å². The molecule has 0 amide bonds. The van der Waals surface area contributed by atoms with Gasteiger partial charge in [-0.2, -0.15) is 0 Å². The molecule has 1 heterocycles. The van der Waals surface area contributed by atoms with Crippen LogP contribution in [-0.2, 0) is 21.3 Å². The van der Waals surface area contributed by atoms with E-state index in [-0.39, 0.29) is 5.41 Å². The van der Waals surface area contributed by atoms with E-state index in [4.69, 9.17) is 9.47 Å². The van der Waals surface area contributed by atoms with Crippen molar-refractivity contribution in [3.05, 3.63) is 29.3 Å². The van der Waals surface area contributed by atoms with Crippen molar-refractivity contribution in [3.8, 4) is 5.75 Å². The van der Waals surface area contributed by atoms with Gasteiger partial charge in [-0.1, -0.05) is 12.1 Å². The fourth-order valence-electron chi connectivity index (χ4n) is 5.64. The summed E-state index contributed by atoms with van der Waals surface area (Å²) in [7, 11) is 5.75. The number of piperidine rings is 1. The summed E-state index contributed by atoms with van der Waals surface area (Å²) in [5.41, 5.74) is 2.63. The summed E-state index contributed by atoms with van der Waals surface area (Å²) in [6.07, 6.45) is 4.94. The number of likely N-dealkylation sites (tertiary alicyclic amines) is 1. The maximum Gasteiger partial charge on any atom is 0.167 e. The summed E-state index contributed by atoms with van der Waals surface area (Å²) >= 11 is 0. The van der Waals surface area contributed by atoms with Crippen LogP contribution in [-0.4, -0.2) is 49.6 Å². The first kappa shape index (κ1) is 15.4. The van der Waals surface area contributed by atoms with E-state index in [9.17, 15) is 5.11 Å². The van der Waals surface area contributed by atoms with Crippen molar-refractivity contribution in [3.63, 3.8) is 0 Å². The molecule has 0 spiro atoms. The maximum atomic E-state index is 10.6. The number of ether oxygens (including phenoxy) is 2. The topological polar surface area (TPSA) is 41.9 Å². The van der Waals surface area contributed by atoms with Crippen LogP contribution in [0.1, 0.15) is 36.8 Å². The molecule has 3 atom stereocenters. The van der Waals surface area contributed by atoms with Crippen molar-refractivity contribution < 1.29 is 14.6 Å². The predicted octanol–water partition coefficient (Wildman–Crippen LogP) is 2.68. The highest BCUT2D eigenvalue weighted by atomic mass is 16.7. The zero-order chi connectivity index (χ0) is 16.2. The van der Waals surface area contributed by atoms with Crippen molar-refractivity contribution in [1.29, 1.82) is 0 Å². The molecule has 1 aromatic carbocycles. The minimum absolute atomic E-state index is 0.0800. The Morgan fingerprint density at radius 1 is 1.17 bits per heavy atom. The first-order valence-corrected chi connectivity index (χ1v) is 8.67. The lowest BCUT2D eigenvalue weighted by atomic mass is 9.51. The summed E-state index contributed by atoms with van der Waals surface area (Å²) < 4.78 is 11.6. The molecule has 1 aromatic rings. The Hall–Kier alpha value is -1.10. The number of phenolic OH excluding ortho intramolecular Hbond substituents is 1. The summed E-state index contributed by atoms with van der Waals surface area (Å²) in [4.78, 5) is 2.50. The van der Waals surface area contributed by atoms with E-state index in [2.05, 4.69) is 18.0 Å². The van der Waals surface area contributed by atoms with Crippen molar-refractivity contribution in [2.75, 3.05) is 27.8 Å². The van der Waals surface area contributed by atoms with Gasteiger partial charge < -0.3 is 19.5 Å². The molecular formula is C19H27NO3. The summed E-state index contributed by atoms with van der Waals surface area (Å²) in [6, 6.07) is 6.55. The minimum atomic E-state index is -0.466. The quantitative estimate of drug-likeness (QED) is 0.852. The van der Waals surface area contributed by atoms with Crippen LogP contribution in [0.5, 0.6) is 5.75 Å². The summed E-state index contributed by atoms with van der Waals surface area (Å²) in [6.45, 7) is 1.10. The molecule has 1 N–H and O–H groups in total. The minimum Gasteiger partial charge on any atom is -0.508 e. The number of hydrogen-bond acceptors (Lipinski definition) is 4. The predicted molar refractivity (Wildman–Crippen MR) is 88.6 cm³/mol. The molecule has 0 unspecified atom stereocenters. The van der Waals surface area contributed by atoms with Crippen LogP contribution in [0.3, 0.4) is 0 Å². The Kier molecular flexibility index (Phi) is 3.49. The molecule has 1 saturated heterocycles. The van der Waals surface area contributed by atoms with Crippen molar-refractivity contribution in [1.82, 2.24) is 4.90 Å². The number of likely N-dealkylation sites (N-methyl/N-ethyl adjacent to an activating group) is 1. The van der Waals surface area contributed by atoms with Crippen LogP contribution in [0, 0.1) is 5.92 Å². The highest BCUT2D eigenvalue weighted by molar-refractivity contribution is 5.49. The molecule has 3 aliphatic rings. The fraction of sp³-hybridized carbons (Fsp3) is 0.684. The molecule has 4 nitrogen and oxygen atoms in total. The largest absolute Gasteiger partial charge is 0.508 e. The average Bonchev–Trinajstić information content (AvgIpc) is 2.57. The first-order chi connectivity index (χ1) is 11.1. The van der Waals surface area contributed by atoms with Crippen LogP contribution in [0.15, 0.2) is 18.2 Å². The zero-order valence-electron chi connectivity index (χ0n) is 14.3. The molecule has 1 aliphatic heterocycles. The van der Waals surface area contributed by atoms with E-state index in [1.54, 1.807) is 14.2 Å². The highest BCUT2D eigenvalue weighted by Crippen LogP contribution is 2.59. The van der Waals surface area contributed by atoms with Crippen LogP contribution in [0.2, 0.25) is 0 Å². The molecule has 23 heavy (non-hydrogen) atoms. The number of phenols is 1. The van der Waals surface area contributed by atoms with Gasteiger partial charge in [0.1, 0.15) is 5.75 Å². The van der Waals surface area contributed by atoms with Gasteiger partial charge in [-0.15, -0.1) is 0 Å². The second kappa shape index (κ2) is 5.20. The average molecular weight is 317 g/mol. The standard InChI is InChI=1S/C19H27NO3/c1-20-10-9-18-7-8-19(22-2,23-3)12-14(18)15(20)11-13-5-4-6-16(21)17(13)18/h4-6,14-15,21H,7-12H2,1-3H3/t14-,15+,18+/m0/s1. The van der Waals surface area contributed by atoms with Gasteiger partial charge >= 0.3 is 0 Å². The van der Waals surface area contributed by atoms with Gasteiger partial charge in [0.2, 0.25) is 0 Å². The van der Waals surface area contributed by atoms with Gasteiger partial charge in [0.15, 0.2) is 5.79 Å². The Balaban J connectivity index is 1.85. The van der Waals surface area contributed by atoms with E-state index >= 15 is 0 Å². The van der Waals surface area contributed by atoms with E-state index in [0.29, 0.717) is 17.7 Å². The number of hydrogen-bond donors (Lipinski definition) is 1. The molecule has 2 bridgehead atoms. The van der Waals surface area contributed by atoms with Gasteiger partial charge in [0, 0.05) is 44.1 Å². The van der Waals surface area contributed by atoms with Crippen LogP contribution in [0.4, 0.5) is 0 Å². The molecule has 0 radical (unpaired) electrons. The molecule has 4 heteroatoms. The van der Waals surface area contributed by atoms with Crippen molar-refractivity contribution in [2.24, 2.45) is 5.92 Å². The Morgan fingerprint density at radius 3 is 2.70 bits per heavy atom. The molecule has 1 saturated carbocycles. The van der Waals surface area contributed by atoms with Gasteiger partial charge in [0.05, 0.1) is 0 Å². The third-order valence-corrected chi connectivity index (χ3v) is 6.93. The molecule has 0 aromatic heterocycles. The van der Waals surface area contributed by atoms with Crippen LogP contribution in [0.25, 0.3) is 0 Å². The second-order valence-corrected chi connectivity index (χ2v) is 7.60. The lowest BCUT2D eigenvalue weighted by Gasteiger charge is -2.61. The van der Waals surface area contributed by atoms with Gasteiger partial charge in [0.25, 0.3) is 0 Å². The second-order valence-electron chi connectivity index (χ2n) is 7.60. The van der Waals surface area contributed by atoms with Crippen molar-refractivity contribution in [2.45, 2.75) is 49.3 Å². The lowest BCUT2D eigenvalue weighted by molar-refractivity contribution is -0.250. The Labute approximate surface area is 138 Å². The van der Waals surface area contributed by atoms with Crippen LogP contribution >= 0.6 is 0 Å². The van der Waals surface area contributed by atoms with E-state index in [1.807, 2.05) is 12.1 Å². The number of benzene rings is 1. The number of nitrogens with zero attached hydrogens (tertiary/aromatic N) is 1. The Bertz CT molecular complexity index is 613. The van der Waals surface area contributed by atoms with Crippen molar-refractivity contribution >= 4 is 0 Å². The van der Waals surface area contributed by atoms with E-state index in [1.165, 1.54) is 11.1 Å². The molecule has 2 fully saturated rings. The van der Waals surface area contributed by atoms with Crippen LogP contribution < -0.4 is 0 Å². The number of aromatic hydroxyl groups is 1. The molecular weight excluding hydrogens is 290 g/mol. The fourth-order valence-corrected chi connectivity index (χ4v) is 5.64. The van der Waals surface area contributed by atoms with Gasteiger partial charge in [-0.3, -0.25) is 0 Å². The Morgan fingerprint density at radius 2 is 1.96 bits per heavy atom. The third kappa shape index (κ3) is 2.01. The normalized spacial score (nSPS) is 35.4. The van der Waals surface area contributed by atoms with E-state index < -0.39 is 5.79 Å². The number of methoxy groups -OCH3 is 2. The monoisotopic (exact) mass is 317 g/mol. The number of fused-ring (bicyclic) bond motifs is 1. The first-order valence-electron chi connectivity index (χ1n) is 8.67. The lowest BCUT2D eigenvalue weighted by Crippen LogP contribution is -2.63. The van der Waals surface area contributed by atoms with E-state index in [0.717, 1.165) is 38.6 Å². The number of rotatable bonds is 2. The summed E-state index contributed by atoms with van der Waals surface area (Å²) in [5.74, 6) is 0.487. The maximum absolute atomic E-state index is 10.6. The third-order valence-electron chi connectivity index (χ3n) is 6.93. The summed E-state index contributed by atoms with van der Waals surface area (Å²) in [5, 5.41) is 10.6. The molecule has 4 rings (SSSR count). The zero-order valence-corrected chi connectivity index (χ0v) is 14.3. The van der Waals surface area contributed by atoms with Gasteiger partial charge in [-0.05, 0) is 50.4 Å². The molecule has 126 valence electrons.